The van der Waals surface area contributed by atoms with Crippen LogP contribution in [-0.2, 0) is 25.5 Å². The third-order valence-corrected chi connectivity index (χ3v) is 14.5. The zero-order valence-electron chi connectivity index (χ0n) is 35.6. The molecule has 2 aliphatic heterocycles. The Hall–Kier alpha value is -5.48. The van der Waals surface area contributed by atoms with Crippen molar-refractivity contribution in [3.63, 3.8) is 0 Å². The third kappa shape index (κ3) is 9.42. The van der Waals surface area contributed by atoms with Gasteiger partial charge < -0.3 is 19.7 Å². The number of carbonyl (C=O) groups excluding carboxylic acids is 3. The number of esters is 1. The summed E-state index contributed by atoms with van der Waals surface area (Å²) in [6.45, 7) is 9.95. The van der Waals surface area contributed by atoms with Gasteiger partial charge in [-0.2, -0.15) is 0 Å². The fourth-order valence-electron chi connectivity index (χ4n) is 8.59. The van der Waals surface area contributed by atoms with Crippen LogP contribution in [0.1, 0.15) is 77.1 Å². The third-order valence-electron chi connectivity index (χ3n) is 12.1. The van der Waals surface area contributed by atoms with Gasteiger partial charge in [0.05, 0.1) is 24.2 Å². The van der Waals surface area contributed by atoms with Crippen LogP contribution in [-0.4, -0.2) is 105 Å². The minimum atomic E-state index is -0.509. The molecular weight excluding hydrogens is 856 g/mol. The monoisotopic (exact) mass is 904 g/mol. The number of piperazine rings is 1. The van der Waals surface area contributed by atoms with Crippen LogP contribution in [0.25, 0.3) is 26.3 Å². The van der Waals surface area contributed by atoms with Gasteiger partial charge in [0.1, 0.15) is 46.9 Å². The molecule has 13 nitrogen and oxygen atoms in total. The van der Waals surface area contributed by atoms with Gasteiger partial charge in [0.15, 0.2) is 5.82 Å². The molecule has 1 aliphatic carbocycles. The Morgan fingerprint density at radius 1 is 0.937 bits per heavy atom. The van der Waals surface area contributed by atoms with Crippen LogP contribution in [0.2, 0.25) is 5.02 Å². The molecule has 6 aromatic rings. The van der Waals surface area contributed by atoms with Crippen LogP contribution in [0.5, 0.6) is 5.75 Å². The maximum absolute atomic E-state index is 14.0. The maximum atomic E-state index is 14.0. The summed E-state index contributed by atoms with van der Waals surface area (Å²) in [5, 5.41) is 18.1. The van der Waals surface area contributed by atoms with Gasteiger partial charge in [-0.3, -0.25) is 28.8 Å². The molecule has 63 heavy (non-hydrogen) atoms. The summed E-state index contributed by atoms with van der Waals surface area (Å²) in [5.41, 5.74) is 5.56. The number of hydrogen-bond donors (Lipinski definition) is 1. The van der Waals surface area contributed by atoms with Crippen molar-refractivity contribution in [3.05, 3.63) is 110 Å². The van der Waals surface area contributed by atoms with Gasteiger partial charge >= 0.3 is 5.97 Å². The number of fused-ring (bicyclic) bond motifs is 4. The van der Waals surface area contributed by atoms with Crippen molar-refractivity contribution in [1.82, 2.24) is 34.9 Å². The molecule has 3 aliphatic rings. The van der Waals surface area contributed by atoms with E-state index in [9.17, 15) is 14.4 Å². The first-order valence-electron chi connectivity index (χ1n) is 21.5. The summed E-state index contributed by atoms with van der Waals surface area (Å²) in [6, 6.07) is 19.4. The Balaban J connectivity index is 0.796. The number of benzene rings is 3. The predicted octanol–water partition coefficient (Wildman–Crippen LogP) is 7.83. The number of aliphatic imine (C=N–C) groups is 1. The molecule has 1 saturated carbocycles. The number of halogens is 1. The van der Waals surface area contributed by atoms with Crippen molar-refractivity contribution in [1.29, 1.82) is 0 Å². The molecular formula is C47H49ClN8O5S2. The summed E-state index contributed by atoms with van der Waals surface area (Å²) in [6.07, 6.45) is 4.17. The average Bonchev–Trinajstić information content (AvgIpc) is 4.10. The van der Waals surface area contributed by atoms with Crippen LogP contribution in [0.15, 0.2) is 71.0 Å². The quantitative estimate of drug-likeness (QED) is 0.115. The average molecular weight is 906 g/mol. The molecule has 0 unspecified atom stereocenters. The molecule has 9 rings (SSSR count). The highest BCUT2D eigenvalue weighted by Crippen LogP contribution is 2.40. The molecule has 0 spiro atoms. The Morgan fingerprint density at radius 3 is 2.51 bits per heavy atom. The molecule has 16 heteroatoms. The second-order valence-electron chi connectivity index (χ2n) is 16.4. The molecule has 1 saturated heterocycles. The number of ether oxygens (including phenoxy) is 2. The van der Waals surface area contributed by atoms with E-state index in [-0.39, 0.29) is 37.3 Å². The van der Waals surface area contributed by atoms with Crippen molar-refractivity contribution in [3.8, 4) is 21.3 Å². The maximum Gasteiger partial charge on any atom is 0.325 e. The first-order valence-corrected chi connectivity index (χ1v) is 23.6. The molecule has 2 fully saturated rings. The van der Waals surface area contributed by atoms with Crippen molar-refractivity contribution in [2.45, 2.75) is 71.4 Å². The van der Waals surface area contributed by atoms with E-state index in [2.05, 4.69) is 57.0 Å². The summed E-state index contributed by atoms with van der Waals surface area (Å²) >= 11 is 9.46. The number of thiophene rings is 1. The normalized spacial score (nSPS) is 16.7. The lowest BCUT2D eigenvalue weighted by atomic mass is 9.99. The zero-order valence-corrected chi connectivity index (χ0v) is 38.0. The smallest absolute Gasteiger partial charge is 0.325 e. The molecule has 0 radical (unpaired) electrons. The van der Waals surface area contributed by atoms with Crippen LogP contribution in [0, 0.1) is 20.8 Å². The number of rotatable bonds is 13. The topological polar surface area (TPSA) is 144 Å². The van der Waals surface area contributed by atoms with E-state index >= 15 is 0 Å². The molecule has 5 heterocycles. The van der Waals surface area contributed by atoms with Crippen LogP contribution in [0.4, 0.5) is 0 Å². The summed E-state index contributed by atoms with van der Waals surface area (Å²) < 4.78 is 13.9. The summed E-state index contributed by atoms with van der Waals surface area (Å²) in [5.74, 6) is 1.60. The van der Waals surface area contributed by atoms with E-state index in [1.165, 1.54) is 16.2 Å². The first-order chi connectivity index (χ1) is 30.6. The molecule has 2 amide bonds. The molecule has 1 atom stereocenters. The minimum absolute atomic E-state index is 0.0271. The minimum Gasteiger partial charge on any atom is -0.492 e. The molecule has 3 aromatic carbocycles. The van der Waals surface area contributed by atoms with E-state index < -0.39 is 12.0 Å². The molecule has 3 aromatic heterocycles. The van der Waals surface area contributed by atoms with Crippen LogP contribution >= 0.6 is 34.3 Å². The number of amides is 2. The second kappa shape index (κ2) is 18.7. The molecule has 0 bridgehead atoms. The fraction of sp³-hybridized carbons (Fsp3) is 0.383. The van der Waals surface area contributed by atoms with Crippen LogP contribution < -0.4 is 10.1 Å². The summed E-state index contributed by atoms with van der Waals surface area (Å²) in [7, 11) is 0. The number of hydrogen-bond acceptors (Lipinski definition) is 12. The highest BCUT2D eigenvalue weighted by molar-refractivity contribution is 7.15. The van der Waals surface area contributed by atoms with Gasteiger partial charge in [0, 0.05) is 70.1 Å². The van der Waals surface area contributed by atoms with Crippen molar-refractivity contribution < 1.29 is 23.9 Å². The highest BCUT2D eigenvalue weighted by Gasteiger charge is 2.34. The van der Waals surface area contributed by atoms with E-state index in [0.717, 1.165) is 106 Å². The lowest BCUT2D eigenvalue weighted by Crippen LogP contribution is -2.49. The first kappa shape index (κ1) is 42.8. The van der Waals surface area contributed by atoms with Gasteiger partial charge in [-0.05, 0) is 81.7 Å². The SMILES string of the molecule is Cc1sc2c(c1C)C(c1ccc(Cl)cc1)=N[C@@H](CC(=O)N1CCN(CCOc3cccc4ccc(-c5nc(CC(=O)NCC(=O)OC6CCCC6)cs5)cc34)CC1)c1nnc(C)n1-2. The standard InChI is InChI=1S/C47H49ClN8O5S2/c1-28-29(2)63-47-43(28)44(32-13-15-34(48)16-14-32)51-38(45-53-52-30(3)56(45)47)25-41(58)55-19-17-54(18-20-55)21-22-60-39-10-6-7-31-11-12-33(23-37(31)39)46-50-35(27-62-46)24-40(57)49-26-42(59)61-36-8-4-5-9-36/h6-7,10-16,23,27,36,38H,4-5,8-9,17-22,24-26H2,1-3H3,(H,49,57)/t38-/m0/s1. The molecule has 326 valence electrons. The lowest BCUT2D eigenvalue weighted by molar-refractivity contribution is -0.148. The van der Waals surface area contributed by atoms with Gasteiger partial charge in [-0.25, -0.2) is 4.98 Å². The number of nitrogens with zero attached hydrogens (tertiary/aromatic N) is 7. The number of nitrogens with one attached hydrogen (secondary N) is 1. The number of aryl methyl sites for hydroxylation is 2. The number of thiazole rings is 1. The second-order valence-corrected chi connectivity index (χ2v) is 18.9. The van der Waals surface area contributed by atoms with Crippen LogP contribution in [0.3, 0.4) is 0 Å². The van der Waals surface area contributed by atoms with Gasteiger partial charge in [-0.15, -0.1) is 32.9 Å². The Labute approximate surface area is 379 Å². The Morgan fingerprint density at radius 2 is 1.71 bits per heavy atom. The Kier molecular flexibility index (Phi) is 12.7. The Bertz CT molecular complexity index is 2690. The van der Waals surface area contributed by atoms with E-state index in [1.807, 2.05) is 59.7 Å². The van der Waals surface area contributed by atoms with Gasteiger partial charge in [0.25, 0.3) is 0 Å². The predicted molar refractivity (Wildman–Crippen MR) is 247 cm³/mol. The largest absolute Gasteiger partial charge is 0.492 e. The number of aromatic nitrogens is 4. The van der Waals surface area contributed by atoms with E-state index in [0.29, 0.717) is 36.2 Å². The lowest BCUT2D eigenvalue weighted by Gasteiger charge is -2.35. The van der Waals surface area contributed by atoms with Crippen molar-refractivity contribution in [2.75, 3.05) is 45.9 Å². The van der Waals surface area contributed by atoms with Gasteiger partial charge in [-0.1, -0.05) is 48.0 Å². The van der Waals surface area contributed by atoms with E-state index in [4.69, 9.17) is 31.1 Å². The van der Waals surface area contributed by atoms with Crippen molar-refractivity contribution >= 4 is 68.5 Å². The van der Waals surface area contributed by atoms with E-state index in [1.54, 1.807) is 11.3 Å². The number of carbonyl (C=O) groups is 3. The fourth-order valence-corrected chi connectivity index (χ4v) is 10.7. The summed E-state index contributed by atoms with van der Waals surface area (Å²) in [4.78, 5) is 54.3. The molecule has 1 N–H and O–H groups in total. The highest BCUT2D eigenvalue weighted by atomic mass is 35.5. The zero-order chi connectivity index (χ0) is 43.6. The van der Waals surface area contributed by atoms with Crippen molar-refractivity contribution in [2.24, 2.45) is 4.99 Å². The van der Waals surface area contributed by atoms with Gasteiger partial charge in [0.2, 0.25) is 11.8 Å².